The Kier molecular flexibility index (Phi) is 7.23. The van der Waals surface area contributed by atoms with Crippen molar-refractivity contribution in [3.05, 3.63) is 51.8 Å². The lowest BCUT2D eigenvalue weighted by Gasteiger charge is -2.25. The number of benzene rings is 1. The van der Waals surface area contributed by atoms with Gasteiger partial charge in [-0.15, -0.1) is 0 Å². The first-order chi connectivity index (χ1) is 17.4. The molecule has 198 valence electrons. The van der Waals surface area contributed by atoms with Crippen LogP contribution in [0.3, 0.4) is 0 Å². The van der Waals surface area contributed by atoms with Crippen LogP contribution in [-0.2, 0) is 33.3 Å². The Balaban J connectivity index is 1.82. The van der Waals surface area contributed by atoms with Crippen molar-refractivity contribution < 1.29 is 36.7 Å². The van der Waals surface area contributed by atoms with E-state index in [-0.39, 0.29) is 27.0 Å². The zero-order valence-electron chi connectivity index (χ0n) is 20.0. The fourth-order valence-electron chi connectivity index (χ4n) is 3.78. The van der Waals surface area contributed by atoms with Gasteiger partial charge in [-0.2, -0.15) is 18.4 Å². The number of esters is 1. The number of thiazole rings is 1. The van der Waals surface area contributed by atoms with Crippen LogP contribution in [0.5, 0.6) is 5.88 Å². The van der Waals surface area contributed by atoms with Gasteiger partial charge < -0.3 is 25.1 Å². The van der Waals surface area contributed by atoms with Gasteiger partial charge in [-0.25, -0.2) is 0 Å². The Bertz CT molecular complexity index is 1520. The number of carbonyl (C=O) groups excluding carboxylic acids is 1. The van der Waals surface area contributed by atoms with Gasteiger partial charge in [-0.05, 0) is 26.0 Å². The van der Waals surface area contributed by atoms with E-state index in [9.17, 15) is 23.1 Å². The van der Waals surface area contributed by atoms with Gasteiger partial charge in [0.25, 0.3) is 10.1 Å². The number of rotatable bonds is 8. The number of fused-ring (bicyclic) bond motifs is 1. The molecular weight excluding hydrogens is 528 g/mol. The standard InChI is InChI=1S/C22H24N4O9S2/c1-10(2)33-16-15(35-37(30,31)13-7-5-11(3)6-8-13)14(9-32-12(4)27)34-20(16)26-18-17(36-22(26)29)19(28)25-21(23)24-18/h5-8,14-16,20H,1,9H2,2-4H3,(H3,23,24,25,28)/t14-,15+,16-,20-/m1/s1. The van der Waals surface area contributed by atoms with Gasteiger partial charge in [-0.1, -0.05) is 35.6 Å². The minimum Gasteiger partial charge on any atom is -0.492 e. The Morgan fingerprint density at radius 1 is 1.24 bits per heavy atom. The highest BCUT2D eigenvalue weighted by molar-refractivity contribution is 7.86. The van der Waals surface area contributed by atoms with E-state index >= 15 is 0 Å². The maximum absolute atomic E-state index is 13.2. The van der Waals surface area contributed by atoms with Crippen LogP contribution in [0, 0.1) is 6.92 Å². The minimum absolute atomic E-state index is 0.0325. The molecule has 3 heterocycles. The van der Waals surface area contributed by atoms with Gasteiger partial charge in [0.05, 0.1) is 10.7 Å². The van der Waals surface area contributed by atoms with Gasteiger partial charge >= 0.3 is 10.8 Å². The van der Waals surface area contributed by atoms with E-state index in [2.05, 4.69) is 16.5 Å². The summed E-state index contributed by atoms with van der Waals surface area (Å²) >= 11 is 0.628. The van der Waals surface area contributed by atoms with Crippen LogP contribution >= 0.6 is 11.3 Å². The summed E-state index contributed by atoms with van der Waals surface area (Å²) in [6.07, 6.45) is -5.17. The van der Waals surface area contributed by atoms with E-state index < -0.39 is 58.0 Å². The molecule has 1 aliphatic rings. The second-order valence-electron chi connectivity index (χ2n) is 8.28. The molecule has 37 heavy (non-hydrogen) atoms. The molecule has 3 N–H and O–H groups in total. The van der Waals surface area contributed by atoms with Crippen molar-refractivity contribution >= 4 is 43.7 Å². The molecule has 0 amide bonds. The summed E-state index contributed by atoms with van der Waals surface area (Å²) in [4.78, 5) is 31.5. The molecule has 15 heteroatoms. The third kappa shape index (κ3) is 5.44. The Hall–Kier alpha value is -3.53. The third-order valence-electron chi connectivity index (χ3n) is 5.34. The van der Waals surface area contributed by atoms with Crippen molar-refractivity contribution in [2.45, 2.75) is 50.2 Å². The third-order valence-corrected chi connectivity index (χ3v) is 7.60. The number of aromatic hydroxyl groups is 1. The van der Waals surface area contributed by atoms with Crippen LogP contribution in [0.15, 0.2) is 46.3 Å². The number of hydrogen-bond donors (Lipinski definition) is 2. The molecule has 0 spiro atoms. The summed E-state index contributed by atoms with van der Waals surface area (Å²) in [6, 6.07) is 5.98. The smallest absolute Gasteiger partial charge is 0.311 e. The average Bonchev–Trinajstić information content (AvgIpc) is 3.28. The van der Waals surface area contributed by atoms with Gasteiger partial charge in [0.15, 0.2) is 18.0 Å². The first-order valence-electron chi connectivity index (χ1n) is 10.9. The maximum atomic E-state index is 13.2. The predicted octanol–water partition coefficient (Wildman–Crippen LogP) is 1.60. The summed E-state index contributed by atoms with van der Waals surface area (Å²) in [5, 5.41) is 10.2. The van der Waals surface area contributed by atoms with Crippen LogP contribution in [0.25, 0.3) is 10.3 Å². The number of anilines is 1. The summed E-state index contributed by atoms with van der Waals surface area (Å²) in [5.74, 6) is -1.30. The van der Waals surface area contributed by atoms with Gasteiger partial charge in [0.2, 0.25) is 11.8 Å². The van der Waals surface area contributed by atoms with Gasteiger partial charge in [0, 0.05) is 6.92 Å². The highest BCUT2D eigenvalue weighted by Gasteiger charge is 2.52. The van der Waals surface area contributed by atoms with Crippen molar-refractivity contribution in [2.75, 3.05) is 12.3 Å². The molecule has 1 aromatic carbocycles. The summed E-state index contributed by atoms with van der Waals surface area (Å²) in [6.45, 7) is 7.79. The quantitative estimate of drug-likeness (QED) is 0.234. The van der Waals surface area contributed by atoms with E-state index in [1.165, 1.54) is 26.0 Å². The first-order valence-corrected chi connectivity index (χ1v) is 13.1. The van der Waals surface area contributed by atoms with Crippen LogP contribution < -0.4 is 10.6 Å². The lowest BCUT2D eigenvalue weighted by molar-refractivity contribution is -0.147. The predicted molar refractivity (Wildman–Crippen MR) is 131 cm³/mol. The molecule has 1 aliphatic heterocycles. The Labute approximate surface area is 215 Å². The largest absolute Gasteiger partial charge is 0.492 e. The molecule has 3 aromatic rings. The second kappa shape index (κ2) is 10.1. The van der Waals surface area contributed by atoms with E-state index in [1.54, 1.807) is 19.1 Å². The molecule has 0 unspecified atom stereocenters. The summed E-state index contributed by atoms with van der Waals surface area (Å²) < 4.78 is 49.9. The number of aryl methyl sites for hydroxylation is 1. The van der Waals surface area contributed by atoms with Crippen molar-refractivity contribution in [1.82, 2.24) is 14.5 Å². The van der Waals surface area contributed by atoms with Crippen LogP contribution in [0.1, 0.15) is 25.6 Å². The molecule has 0 saturated carbocycles. The van der Waals surface area contributed by atoms with E-state index in [1.807, 2.05) is 0 Å². The van der Waals surface area contributed by atoms with E-state index in [4.69, 9.17) is 24.1 Å². The van der Waals surface area contributed by atoms with Gasteiger partial charge in [0.1, 0.15) is 23.5 Å². The number of carbonyl (C=O) groups is 1. The van der Waals surface area contributed by atoms with Crippen LogP contribution in [0.2, 0.25) is 0 Å². The molecule has 4 rings (SSSR count). The van der Waals surface area contributed by atoms with E-state index in [0.717, 1.165) is 10.1 Å². The molecule has 0 radical (unpaired) electrons. The average molecular weight is 553 g/mol. The SMILES string of the molecule is C=C(C)O[C@@H]1[C@@H](OS(=O)(=O)c2ccc(C)cc2)[C@@H](COC(C)=O)O[C@H]1n1c(=O)sc2c(O)nc(N)nc21. The molecule has 0 bridgehead atoms. The monoisotopic (exact) mass is 552 g/mol. The molecule has 2 aromatic heterocycles. The highest BCUT2D eigenvalue weighted by Crippen LogP contribution is 2.39. The van der Waals surface area contributed by atoms with Gasteiger partial charge in [-0.3, -0.25) is 18.3 Å². The molecule has 4 atom stereocenters. The van der Waals surface area contributed by atoms with Crippen molar-refractivity contribution in [1.29, 1.82) is 0 Å². The molecular formula is C22H24N4O9S2. The number of nitrogens with zero attached hydrogens (tertiary/aromatic N) is 3. The Morgan fingerprint density at radius 2 is 1.92 bits per heavy atom. The molecule has 0 aliphatic carbocycles. The summed E-state index contributed by atoms with van der Waals surface area (Å²) in [5.41, 5.74) is 6.45. The number of nitrogens with two attached hydrogens (primary N) is 1. The second-order valence-corrected chi connectivity index (χ2v) is 10.8. The maximum Gasteiger partial charge on any atom is 0.311 e. The number of aromatic nitrogens is 3. The molecule has 1 fully saturated rings. The molecule has 13 nitrogen and oxygen atoms in total. The Morgan fingerprint density at radius 3 is 2.54 bits per heavy atom. The normalized spacial score (nSPS) is 21.7. The topological polar surface area (TPSA) is 182 Å². The van der Waals surface area contributed by atoms with Crippen LogP contribution in [0.4, 0.5) is 5.95 Å². The zero-order valence-corrected chi connectivity index (χ0v) is 21.6. The van der Waals surface area contributed by atoms with Crippen molar-refractivity contribution in [2.24, 2.45) is 0 Å². The van der Waals surface area contributed by atoms with Crippen molar-refractivity contribution in [3.8, 4) is 5.88 Å². The fraction of sp³-hybridized carbons (Fsp3) is 0.364. The number of hydrogen-bond acceptors (Lipinski definition) is 13. The van der Waals surface area contributed by atoms with Crippen molar-refractivity contribution in [3.63, 3.8) is 0 Å². The number of allylic oxidation sites excluding steroid dienone is 1. The van der Waals surface area contributed by atoms with E-state index in [0.29, 0.717) is 11.3 Å². The van der Waals surface area contributed by atoms with Crippen LogP contribution in [-0.4, -0.2) is 58.9 Å². The number of ether oxygens (including phenoxy) is 3. The number of nitrogen functional groups attached to an aromatic ring is 1. The molecule has 1 saturated heterocycles. The lowest BCUT2D eigenvalue weighted by atomic mass is 10.1. The minimum atomic E-state index is -4.36. The summed E-state index contributed by atoms with van der Waals surface area (Å²) in [7, 11) is -4.36. The lowest BCUT2D eigenvalue weighted by Crippen LogP contribution is -2.40. The first kappa shape index (κ1) is 26.5. The zero-order chi connectivity index (χ0) is 27.1. The highest BCUT2D eigenvalue weighted by atomic mass is 32.2. The fourth-order valence-corrected chi connectivity index (χ4v) is 5.72.